The SMILES string of the molecule is COc1ccccc1CN(CCO)C(=O)Nc1cccnc1. The summed E-state index contributed by atoms with van der Waals surface area (Å²) in [5.41, 5.74) is 1.48. The monoisotopic (exact) mass is 301 g/mol. The van der Waals surface area contributed by atoms with Crippen molar-refractivity contribution >= 4 is 11.7 Å². The summed E-state index contributed by atoms with van der Waals surface area (Å²) in [5, 5.41) is 11.9. The van der Waals surface area contributed by atoms with E-state index >= 15 is 0 Å². The van der Waals surface area contributed by atoms with Gasteiger partial charge in [-0.1, -0.05) is 18.2 Å². The van der Waals surface area contributed by atoms with Crippen molar-refractivity contribution in [2.75, 3.05) is 25.6 Å². The molecule has 2 aromatic rings. The third kappa shape index (κ3) is 4.20. The van der Waals surface area contributed by atoms with E-state index in [2.05, 4.69) is 10.3 Å². The molecular formula is C16H19N3O3. The van der Waals surface area contributed by atoms with Crippen LogP contribution in [0.15, 0.2) is 48.8 Å². The molecule has 2 N–H and O–H groups in total. The largest absolute Gasteiger partial charge is 0.496 e. The number of carbonyl (C=O) groups excluding carboxylic acids is 1. The lowest BCUT2D eigenvalue weighted by Crippen LogP contribution is -2.36. The van der Waals surface area contributed by atoms with Crippen molar-refractivity contribution in [3.8, 4) is 5.75 Å². The van der Waals surface area contributed by atoms with Crippen LogP contribution in [0.25, 0.3) is 0 Å². The molecule has 116 valence electrons. The van der Waals surface area contributed by atoms with Gasteiger partial charge in [0.15, 0.2) is 0 Å². The number of aliphatic hydroxyl groups excluding tert-OH is 1. The number of amides is 2. The fraction of sp³-hybridized carbons (Fsp3) is 0.250. The molecule has 0 bridgehead atoms. The Morgan fingerprint density at radius 1 is 1.32 bits per heavy atom. The minimum Gasteiger partial charge on any atom is -0.496 e. The van der Waals surface area contributed by atoms with Gasteiger partial charge < -0.3 is 20.1 Å². The summed E-state index contributed by atoms with van der Waals surface area (Å²) in [6, 6.07) is 10.7. The Hall–Kier alpha value is -2.60. The maximum absolute atomic E-state index is 12.3. The Kier molecular flexibility index (Phi) is 5.73. The summed E-state index contributed by atoms with van der Waals surface area (Å²) >= 11 is 0. The van der Waals surface area contributed by atoms with Gasteiger partial charge in [0.1, 0.15) is 5.75 Å². The molecule has 0 radical (unpaired) electrons. The van der Waals surface area contributed by atoms with Gasteiger partial charge in [0.2, 0.25) is 0 Å². The Morgan fingerprint density at radius 3 is 2.82 bits per heavy atom. The topological polar surface area (TPSA) is 74.7 Å². The first kappa shape index (κ1) is 15.8. The fourth-order valence-electron chi connectivity index (χ4n) is 2.05. The molecule has 0 spiro atoms. The number of hydrogen-bond donors (Lipinski definition) is 2. The van der Waals surface area contributed by atoms with Gasteiger partial charge in [0.05, 0.1) is 32.1 Å². The lowest BCUT2D eigenvalue weighted by Gasteiger charge is -2.23. The molecule has 6 heteroatoms. The predicted octanol–water partition coefficient (Wildman–Crippen LogP) is 2.12. The minimum absolute atomic E-state index is 0.115. The highest BCUT2D eigenvalue weighted by atomic mass is 16.5. The lowest BCUT2D eigenvalue weighted by molar-refractivity contribution is 0.184. The number of nitrogens with one attached hydrogen (secondary N) is 1. The number of para-hydroxylation sites is 1. The normalized spacial score (nSPS) is 10.1. The molecule has 0 atom stereocenters. The van der Waals surface area contributed by atoms with Gasteiger partial charge in [-0.2, -0.15) is 0 Å². The van der Waals surface area contributed by atoms with Crippen LogP contribution in [-0.2, 0) is 6.54 Å². The van der Waals surface area contributed by atoms with Gasteiger partial charge in [0, 0.05) is 18.3 Å². The second-order valence-corrected chi connectivity index (χ2v) is 4.63. The second-order valence-electron chi connectivity index (χ2n) is 4.63. The first-order valence-electron chi connectivity index (χ1n) is 6.93. The zero-order chi connectivity index (χ0) is 15.8. The van der Waals surface area contributed by atoms with Gasteiger partial charge >= 0.3 is 6.03 Å². The van der Waals surface area contributed by atoms with Crippen molar-refractivity contribution in [3.63, 3.8) is 0 Å². The van der Waals surface area contributed by atoms with Crippen molar-refractivity contribution in [3.05, 3.63) is 54.4 Å². The van der Waals surface area contributed by atoms with Gasteiger partial charge in [0.25, 0.3) is 0 Å². The summed E-state index contributed by atoms with van der Waals surface area (Å²) < 4.78 is 5.29. The van der Waals surface area contributed by atoms with Crippen molar-refractivity contribution in [2.24, 2.45) is 0 Å². The molecule has 1 heterocycles. The van der Waals surface area contributed by atoms with Crippen LogP contribution in [-0.4, -0.2) is 41.3 Å². The lowest BCUT2D eigenvalue weighted by atomic mass is 10.2. The average Bonchev–Trinajstić information content (AvgIpc) is 2.56. The van der Waals surface area contributed by atoms with E-state index in [4.69, 9.17) is 4.74 Å². The first-order chi connectivity index (χ1) is 10.7. The van der Waals surface area contributed by atoms with Gasteiger partial charge in [-0.05, 0) is 18.2 Å². The Morgan fingerprint density at radius 2 is 2.14 bits per heavy atom. The van der Waals surface area contributed by atoms with E-state index < -0.39 is 0 Å². The first-order valence-corrected chi connectivity index (χ1v) is 6.93. The van der Waals surface area contributed by atoms with E-state index in [1.165, 1.54) is 4.90 Å². The predicted molar refractivity (Wildman–Crippen MR) is 83.7 cm³/mol. The zero-order valence-electron chi connectivity index (χ0n) is 12.4. The van der Waals surface area contributed by atoms with E-state index in [1.54, 1.807) is 31.6 Å². The van der Waals surface area contributed by atoms with E-state index in [1.807, 2.05) is 24.3 Å². The highest BCUT2D eigenvalue weighted by Gasteiger charge is 2.15. The molecule has 1 aromatic carbocycles. The Labute approximate surface area is 129 Å². The summed E-state index contributed by atoms with van der Waals surface area (Å²) in [4.78, 5) is 17.8. The highest BCUT2D eigenvalue weighted by Crippen LogP contribution is 2.19. The molecule has 2 rings (SSSR count). The number of hydrogen-bond acceptors (Lipinski definition) is 4. The number of rotatable bonds is 6. The maximum Gasteiger partial charge on any atom is 0.322 e. The van der Waals surface area contributed by atoms with Crippen LogP contribution in [0.5, 0.6) is 5.75 Å². The average molecular weight is 301 g/mol. The number of nitrogens with zero attached hydrogens (tertiary/aromatic N) is 2. The number of carbonyl (C=O) groups is 1. The molecule has 0 fully saturated rings. The van der Waals surface area contributed by atoms with Crippen LogP contribution >= 0.6 is 0 Å². The molecule has 0 saturated carbocycles. The fourth-order valence-corrected chi connectivity index (χ4v) is 2.05. The summed E-state index contributed by atoms with van der Waals surface area (Å²) in [7, 11) is 1.59. The quantitative estimate of drug-likeness (QED) is 0.857. The van der Waals surface area contributed by atoms with Crippen molar-refractivity contribution in [2.45, 2.75) is 6.54 Å². The number of benzene rings is 1. The molecule has 0 aliphatic rings. The van der Waals surface area contributed by atoms with Crippen molar-refractivity contribution < 1.29 is 14.6 Å². The second kappa shape index (κ2) is 7.99. The summed E-state index contributed by atoms with van der Waals surface area (Å²) in [5.74, 6) is 0.708. The molecule has 0 aliphatic carbocycles. The molecule has 0 saturated heterocycles. The van der Waals surface area contributed by atoms with Crippen molar-refractivity contribution in [1.29, 1.82) is 0 Å². The number of pyridine rings is 1. The van der Waals surface area contributed by atoms with Crippen LogP contribution in [0.4, 0.5) is 10.5 Å². The molecule has 6 nitrogen and oxygen atoms in total. The number of aliphatic hydroxyl groups is 1. The Balaban J connectivity index is 2.10. The third-order valence-electron chi connectivity index (χ3n) is 3.12. The van der Waals surface area contributed by atoms with E-state index in [0.717, 1.165) is 5.56 Å². The molecule has 22 heavy (non-hydrogen) atoms. The van der Waals surface area contributed by atoms with Crippen LogP contribution in [0.3, 0.4) is 0 Å². The number of methoxy groups -OCH3 is 1. The summed E-state index contributed by atoms with van der Waals surface area (Å²) in [6.45, 7) is 0.455. The summed E-state index contributed by atoms with van der Waals surface area (Å²) in [6.07, 6.45) is 3.20. The molecular weight excluding hydrogens is 282 g/mol. The minimum atomic E-state index is -0.298. The smallest absolute Gasteiger partial charge is 0.322 e. The van der Waals surface area contributed by atoms with E-state index in [0.29, 0.717) is 18.0 Å². The highest BCUT2D eigenvalue weighted by molar-refractivity contribution is 5.89. The third-order valence-corrected chi connectivity index (χ3v) is 3.12. The zero-order valence-corrected chi connectivity index (χ0v) is 12.4. The number of ether oxygens (including phenoxy) is 1. The van der Waals surface area contributed by atoms with Crippen LogP contribution in [0.2, 0.25) is 0 Å². The van der Waals surface area contributed by atoms with Gasteiger partial charge in [-0.15, -0.1) is 0 Å². The van der Waals surface area contributed by atoms with Gasteiger partial charge in [-0.25, -0.2) is 4.79 Å². The van der Waals surface area contributed by atoms with Crippen LogP contribution < -0.4 is 10.1 Å². The molecule has 2 amide bonds. The number of urea groups is 1. The van der Waals surface area contributed by atoms with Gasteiger partial charge in [-0.3, -0.25) is 4.98 Å². The maximum atomic E-state index is 12.3. The number of anilines is 1. The van der Waals surface area contributed by atoms with Crippen LogP contribution in [0.1, 0.15) is 5.56 Å². The molecule has 0 unspecified atom stereocenters. The number of aromatic nitrogens is 1. The van der Waals surface area contributed by atoms with E-state index in [9.17, 15) is 9.90 Å². The van der Waals surface area contributed by atoms with Crippen molar-refractivity contribution in [1.82, 2.24) is 9.88 Å². The molecule has 0 aliphatic heterocycles. The van der Waals surface area contributed by atoms with Crippen LogP contribution in [0, 0.1) is 0 Å². The standard InChI is InChI=1S/C16H19N3O3/c1-22-15-7-3-2-5-13(15)12-19(9-10-20)16(21)18-14-6-4-8-17-11-14/h2-8,11,20H,9-10,12H2,1H3,(H,18,21). The van der Waals surface area contributed by atoms with E-state index in [-0.39, 0.29) is 19.2 Å². The Bertz CT molecular complexity index is 605. The molecule has 1 aromatic heterocycles.